The van der Waals surface area contributed by atoms with Gasteiger partial charge in [0, 0.05) is 16.3 Å². The van der Waals surface area contributed by atoms with Crippen LogP contribution in [0.5, 0.6) is 5.75 Å². The molecule has 0 unspecified atom stereocenters. The number of nitrogens with zero attached hydrogens (tertiary/aromatic N) is 1. The van der Waals surface area contributed by atoms with E-state index in [4.69, 9.17) is 16.3 Å². The molecule has 0 aliphatic carbocycles. The Bertz CT molecular complexity index is 1090. The van der Waals surface area contributed by atoms with Gasteiger partial charge in [-0.25, -0.2) is 5.43 Å². The van der Waals surface area contributed by atoms with E-state index in [1.165, 1.54) is 6.21 Å². The number of ether oxygens (including phenoxy) is 1. The molecule has 0 saturated heterocycles. The zero-order valence-electron chi connectivity index (χ0n) is 17.2. The van der Waals surface area contributed by atoms with E-state index in [-0.39, 0.29) is 18.4 Å². The molecular formula is C24H22ClN3O3. The highest BCUT2D eigenvalue weighted by Gasteiger charge is 2.06. The van der Waals surface area contributed by atoms with Gasteiger partial charge in [-0.15, -0.1) is 0 Å². The van der Waals surface area contributed by atoms with Gasteiger partial charge in [0.05, 0.1) is 6.21 Å². The maximum Gasteiger partial charge on any atom is 0.271 e. The van der Waals surface area contributed by atoms with Gasteiger partial charge in [-0.1, -0.05) is 35.4 Å². The van der Waals surface area contributed by atoms with E-state index in [9.17, 15) is 9.59 Å². The van der Waals surface area contributed by atoms with Gasteiger partial charge in [0.2, 0.25) is 0 Å². The van der Waals surface area contributed by atoms with Crippen molar-refractivity contribution in [2.45, 2.75) is 13.8 Å². The molecule has 3 aromatic rings. The summed E-state index contributed by atoms with van der Waals surface area (Å²) in [6.45, 7) is 3.72. The van der Waals surface area contributed by atoms with E-state index in [0.29, 0.717) is 22.0 Å². The van der Waals surface area contributed by atoms with Crippen LogP contribution in [0.4, 0.5) is 5.69 Å². The second-order valence-corrected chi connectivity index (χ2v) is 7.34. The van der Waals surface area contributed by atoms with Crippen molar-refractivity contribution in [1.82, 2.24) is 5.43 Å². The highest BCUT2D eigenvalue weighted by molar-refractivity contribution is 6.31. The Morgan fingerprint density at radius 3 is 2.39 bits per heavy atom. The molecule has 0 heterocycles. The summed E-state index contributed by atoms with van der Waals surface area (Å²) in [6.07, 6.45) is 1.53. The fraction of sp³-hybridized carbons (Fsp3) is 0.125. The van der Waals surface area contributed by atoms with Gasteiger partial charge in [-0.05, 0) is 73.5 Å². The molecule has 0 spiro atoms. The molecule has 0 saturated carbocycles. The molecule has 0 aliphatic rings. The largest absolute Gasteiger partial charge is 0.484 e. The van der Waals surface area contributed by atoms with Gasteiger partial charge in [-0.3, -0.25) is 9.59 Å². The third-order valence-corrected chi connectivity index (χ3v) is 4.81. The summed E-state index contributed by atoms with van der Waals surface area (Å²) < 4.78 is 5.50. The van der Waals surface area contributed by atoms with Crippen LogP contribution in [0.15, 0.2) is 71.8 Å². The number of halogens is 1. The first kappa shape index (κ1) is 22.1. The Morgan fingerprint density at radius 2 is 1.71 bits per heavy atom. The Balaban J connectivity index is 1.46. The fourth-order valence-corrected chi connectivity index (χ4v) is 2.78. The van der Waals surface area contributed by atoms with Crippen molar-refractivity contribution in [3.63, 3.8) is 0 Å². The summed E-state index contributed by atoms with van der Waals surface area (Å²) in [4.78, 5) is 24.1. The van der Waals surface area contributed by atoms with Crippen LogP contribution in [0.2, 0.25) is 5.02 Å². The van der Waals surface area contributed by atoms with E-state index in [1.54, 1.807) is 48.5 Å². The molecule has 0 fully saturated rings. The minimum atomic E-state index is -0.288. The molecule has 158 valence electrons. The average Bonchev–Trinajstić information content (AvgIpc) is 2.76. The third-order valence-electron chi connectivity index (χ3n) is 4.40. The molecule has 7 heteroatoms. The Labute approximate surface area is 185 Å². The second kappa shape index (κ2) is 10.4. The number of carbonyl (C=O) groups excluding carboxylic acids is 2. The standard InChI is InChI=1S/C24H22ClN3O3/c1-16-3-8-19(9-4-16)24(30)28-26-14-18-6-11-21(12-7-18)31-15-23(29)27-20-10-5-17(2)22(25)13-20/h3-14H,15H2,1-2H3,(H,27,29)(H,28,30)/b26-14+. The molecule has 0 bridgehead atoms. The maximum absolute atomic E-state index is 12.0. The molecule has 3 aromatic carbocycles. The molecule has 0 atom stereocenters. The molecule has 0 radical (unpaired) electrons. The Kier molecular flexibility index (Phi) is 7.40. The van der Waals surface area contributed by atoms with Crippen molar-refractivity contribution in [3.8, 4) is 5.75 Å². The van der Waals surface area contributed by atoms with E-state index >= 15 is 0 Å². The van der Waals surface area contributed by atoms with Crippen molar-refractivity contribution in [2.24, 2.45) is 5.10 Å². The third kappa shape index (κ3) is 6.69. The monoisotopic (exact) mass is 435 g/mol. The molecule has 3 rings (SSSR count). The first-order valence-corrected chi connectivity index (χ1v) is 9.97. The number of benzene rings is 3. The zero-order chi connectivity index (χ0) is 22.2. The lowest BCUT2D eigenvalue weighted by molar-refractivity contribution is -0.118. The summed E-state index contributed by atoms with van der Waals surface area (Å²) in [5.41, 5.74) is 6.44. The smallest absolute Gasteiger partial charge is 0.271 e. The van der Waals surface area contributed by atoms with Crippen LogP contribution in [0.1, 0.15) is 27.0 Å². The number of hydrogen-bond acceptors (Lipinski definition) is 4. The molecule has 6 nitrogen and oxygen atoms in total. The highest BCUT2D eigenvalue weighted by atomic mass is 35.5. The normalized spacial score (nSPS) is 10.7. The first-order valence-electron chi connectivity index (χ1n) is 9.59. The van der Waals surface area contributed by atoms with Crippen LogP contribution >= 0.6 is 11.6 Å². The number of nitrogens with one attached hydrogen (secondary N) is 2. The summed E-state index contributed by atoms with van der Waals surface area (Å²) in [5, 5.41) is 7.29. The lowest BCUT2D eigenvalue weighted by Crippen LogP contribution is -2.20. The minimum Gasteiger partial charge on any atom is -0.484 e. The van der Waals surface area contributed by atoms with Gasteiger partial charge < -0.3 is 10.1 Å². The van der Waals surface area contributed by atoms with Crippen molar-refractivity contribution in [1.29, 1.82) is 0 Å². The van der Waals surface area contributed by atoms with E-state index in [2.05, 4.69) is 15.8 Å². The van der Waals surface area contributed by atoms with Gasteiger partial charge in [0.25, 0.3) is 11.8 Å². The van der Waals surface area contributed by atoms with E-state index < -0.39 is 0 Å². The fourth-order valence-electron chi connectivity index (χ4n) is 2.60. The number of hydrogen-bond donors (Lipinski definition) is 2. The van der Waals surface area contributed by atoms with Crippen LogP contribution in [-0.2, 0) is 4.79 Å². The van der Waals surface area contributed by atoms with Gasteiger partial charge in [0.1, 0.15) is 5.75 Å². The summed E-state index contributed by atoms with van der Waals surface area (Å²) in [5.74, 6) is -0.0283. The topological polar surface area (TPSA) is 79.8 Å². The lowest BCUT2D eigenvalue weighted by atomic mass is 10.1. The maximum atomic E-state index is 12.0. The number of hydrazone groups is 1. The molecule has 2 amide bonds. The van der Waals surface area contributed by atoms with Crippen LogP contribution in [0.25, 0.3) is 0 Å². The number of rotatable bonds is 7. The van der Waals surface area contributed by atoms with Crippen molar-refractivity contribution in [2.75, 3.05) is 11.9 Å². The molecule has 0 aromatic heterocycles. The van der Waals surface area contributed by atoms with Gasteiger partial charge in [-0.2, -0.15) is 5.10 Å². The van der Waals surface area contributed by atoms with E-state index in [0.717, 1.165) is 16.7 Å². The SMILES string of the molecule is Cc1ccc(C(=O)N/N=C/c2ccc(OCC(=O)Nc3ccc(C)c(Cl)c3)cc2)cc1. The predicted octanol–water partition coefficient (Wildman–Crippen LogP) is 4.74. The zero-order valence-corrected chi connectivity index (χ0v) is 17.9. The van der Waals surface area contributed by atoms with Crippen LogP contribution in [0, 0.1) is 13.8 Å². The molecule has 0 aliphatic heterocycles. The first-order chi connectivity index (χ1) is 14.9. The second-order valence-electron chi connectivity index (χ2n) is 6.94. The van der Waals surface area contributed by atoms with E-state index in [1.807, 2.05) is 32.0 Å². The minimum absolute atomic E-state index is 0.133. The van der Waals surface area contributed by atoms with Crippen molar-refractivity contribution >= 4 is 35.3 Å². The summed E-state index contributed by atoms with van der Waals surface area (Å²) in [6, 6.07) is 19.5. The molecular weight excluding hydrogens is 414 g/mol. The summed E-state index contributed by atoms with van der Waals surface area (Å²) in [7, 11) is 0. The van der Waals surface area contributed by atoms with Crippen LogP contribution < -0.4 is 15.5 Å². The number of anilines is 1. The van der Waals surface area contributed by atoms with Crippen LogP contribution in [-0.4, -0.2) is 24.6 Å². The quantitative estimate of drug-likeness (QED) is 0.415. The molecule has 2 N–H and O–H groups in total. The lowest BCUT2D eigenvalue weighted by Gasteiger charge is -2.08. The average molecular weight is 436 g/mol. The van der Waals surface area contributed by atoms with Crippen LogP contribution in [0.3, 0.4) is 0 Å². The summed E-state index contributed by atoms with van der Waals surface area (Å²) >= 11 is 6.06. The van der Waals surface area contributed by atoms with Gasteiger partial charge >= 0.3 is 0 Å². The predicted molar refractivity (Wildman–Crippen MR) is 123 cm³/mol. The highest BCUT2D eigenvalue weighted by Crippen LogP contribution is 2.20. The molecule has 31 heavy (non-hydrogen) atoms. The van der Waals surface area contributed by atoms with Crippen molar-refractivity contribution in [3.05, 3.63) is 94.0 Å². The van der Waals surface area contributed by atoms with Gasteiger partial charge in [0.15, 0.2) is 6.61 Å². The number of amides is 2. The van der Waals surface area contributed by atoms with Crippen molar-refractivity contribution < 1.29 is 14.3 Å². The number of carbonyl (C=O) groups is 2. The Morgan fingerprint density at radius 1 is 1.00 bits per heavy atom. The Hall–Kier alpha value is -3.64. The number of aryl methyl sites for hydroxylation is 2.